The second-order valence-corrected chi connectivity index (χ2v) is 12.3. The summed E-state index contributed by atoms with van der Waals surface area (Å²) in [7, 11) is -3.76. The number of carbonyl (C=O) groups excluding carboxylic acids is 1. The number of sulfonamides is 1. The highest BCUT2D eigenvalue weighted by molar-refractivity contribution is 7.92. The number of fused-ring (bicyclic) bond motifs is 2. The van der Waals surface area contributed by atoms with Gasteiger partial charge in [0.05, 0.1) is 28.4 Å². The van der Waals surface area contributed by atoms with Crippen LogP contribution in [0.2, 0.25) is 0 Å². The number of para-hydroxylation sites is 2. The lowest BCUT2D eigenvalue weighted by molar-refractivity contribution is 0.0985. The third-order valence-electron chi connectivity index (χ3n) is 6.86. The number of hydrogen-bond donors (Lipinski definition) is 0. The molecule has 0 radical (unpaired) electrons. The molecule has 40 heavy (non-hydrogen) atoms. The molecule has 0 spiro atoms. The molecule has 9 heteroatoms. The zero-order chi connectivity index (χ0) is 27.7. The van der Waals surface area contributed by atoms with E-state index in [1.165, 1.54) is 27.8 Å². The molecule has 2 heterocycles. The Bertz CT molecular complexity index is 1780. The van der Waals surface area contributed by atoms with Crippen LogP contribution in [0.5, 0.6) is 5.75 Å². The highest BCUT2D eigenvalue weighted by Gasteiger charge is 2.31. The molecule has 0 atom stereocenters. The SMILES string of the molecule is CCOc1cccc2sc(N(Cc3ccccc3)C(=O)c3ccc(S(=O)(=O)N4CCc5ccccc54)cc3)nc12. The number of carbonyl (C=O) groups is 1. The van der Waals surface area contributed by atoms with Crippen LogP contribution in [-0.2, 0) is 23.0 Å². The Morgan fingerprint density at radius 2 is 1.70 bits per heavy atom. The Morgan fingerprint density at radius 3 is 2.48 bits per heavy atom. The molecule has 1 amide bonds. The predicted octanol–water partition coefficient (Wildman–Crippen LogP) is 6.29. The minimum absolute atomic E-state index is 0.150. The fourth-order valence-corrected chi connectivity index (χ4v) is 7.39. The summed E-state index contributed by atoms with van der Waals surface area (Å²) in [6.07, 6.45) is 0.674. The van der Waals surface area contributed by atoms with Crippen LogP contribution in [0.1, 0.15) is 28.4 Å². The molecule has 0 fully saturated rings. The van der Waals surface area contributed by atoms with Gasteiger partial charge in [0.25, 0.3) is 15.9 Å². The number of thiazole rings is 1. The molecule has 0 aliphatic carbocycles. The van der Waals surface area contributed by atoms with Crippen LogP contribution in [0, 0.1) is 0 Å². The first-order chi connectivity index (χ1) is 19.5. The number of aromatic nitrogens is 1. The van der Waals surface area contributed by atoms with Gasteiger partial charge in [-0.3, -0.25) is 14.0 Å². The Kier molecular flexibility index (Phi) is 7.00. The van der Waals surface area contributed by atoms with Crippen LogP contribution >= 0.6 is 11.3 Å². The summed E-state index contributed by atoms with van der Waals surface area (Å²) >= 11 is 1.42. The van der Waals surface area contributed by atoms with E-state index in [1.807, 2.05) is 79.7 Å². The van der Waals surface area contributed by atoms with Gasteiger partial charge in [-0.25, -0.2) is 13.4 Å². The van der Waals surface area contributed by atoms with Crippen LogP contribution in [0.25, 0.3) is 10.2 Å². The topological polar surface area (TPSA) is 79.8 Å². The lowest BCUT2D eigenvalue weighted by Gasteiger charge is -2.21. The van der Waals surface area contributed by atoms with Crippen molar-refractivity contribution in [2.24, 2.45) is 0 Å². The second-order valence-electron chi connectivity index (χ2n) is 9.39. The van der Waals surface area contributed by atoms with Gasteiger partial charge in [0.15, 0.2) is 5.13 Å². The van der Waals surface area contributed by atoms with Crippen LogP contribution in [0.15, 0.2) is 102 Å². The maximum absolute atomic E-state index is 13.9. The Hall–Kier alpha value is -4.21. The number of nitrogens with zero attached hydrogens (tertiary/aromatic N) is 3. The highest BCUT2D eigenvalue weighted by atomic mass is 32.2. The number of benzene rings is 4. The minimum Gasteiger partial charge on any atom is -0.492 e. The molecule has 7 nitrogen and oxygen atoms in total. The van der Waals surface area contributed by atoms with Gasteiger partial charge in [0, 0.05) is 12.1 Å². The first kappa shape index (κ1) is 26.0. The van der Waals surface area contributed by atoms with Crippen molar-refractivity contribution >= 4 is 48.3 Å². The van der Waals surface area contributed by atoms with Crippen molar-refractivity contribution in [3.05, 3.63) is 114 Å². The summed E-state index contributed by atoms with van der Waals surface area (Å²) in [5.74, 6) is 0.406. The molecule has 0 saturated heterocycles. The van der Waals surface area contributed by atoms with Crippen LogP contribution in [0.3, 0.4) is 0 Å². The van der Waals surface area contributed by atoms with Crippen molar-refractivity contribution < 1.29 is 17.9 Å². The Morgan fingerprint density at radius 1 is 0.950 bits per heavy atom. The molecule has 0 saturated carbocycles. The number of anilines is 2. The largest absolute Gasteiger partial charge is 0.492 e. The molecule has 202 valence electrons. The molecule has 0 unspecified atom stereocenters. The monoisotopic (exact) mass is 569 g/mol. The summed E-state index contributed by atoms with van der Waals surface area (Å²) in [6.45, 7) is 3.14. The number of rotatable bonds is 8. The lowest BCUT2D eigenvalue weighted by Crippen LogP contribution is -2.31. The van der Waals surface area contributed by atoms with Gasteiger partial charge in [-0.05, 0) is 66.9 Å². The van der Waals surface area contributed by atoms with Crippen molar-refractivity contribution in [3.8, 4) is 5.75 Å². The molecule has 6 rings (SSSR count). The molecule has 0 bridgehead atoms. The van der Waals surface area contributed by atoms with E-state index in [-0.39, 0.29) is 10.8 Å². The average molecular weight is 570 g/mol. The van der Waals surface area contributed by atoms with Crippen LogP contribution < -0.4 is 13.9 Å². The van der Waals surface area contributed by atoms with Gasteiger partial charge in [-0.15, -0.1) is 0 Å². The summed E-state index contributed by atoms with van der Waals surface area (Å²) in [6, 6.07) is 29.2. The molecule has 1 aromatic heterocycles. The first-order valence-corrected chi connectivity index (χ1v) is 15.3. The third-order valence-corrected chi connectivity index (χ3v) is 9.73. The quantitative estimate of drug-likeness (QED) is 0.219. The molecule has 5 aromatic rings. The Labute approximate surface area is 237 Å². The normalized spacial score (nSPS) is 12.9. The smallest absolute Gasteiger partial charge is 0.264 e. The standard InChI is InChI=1S/C31H27N3O4S2/c1-2-38-27-13-8-14-28-29(27)32-31(39-28)33(21-22-9-4-3-5-10-22)30(35)24-15-17-25(18-16-24)40(36,37)34-20-19-23-11-6-7-12-26(23)34/h3-18H,2,19-21H2,1H3. The molecular formula is C31H27N3O4S2. The summed E-state index contributed by atoms with van der Waals surface area (Å²) in [5.41, 5.74) is 3.76. The van der Waals surface area contributed by atoms with E-state index in [0.717, 1.165) is 15.8 Å². The van der Waals surface area contributed by atoms with E-state index in [0.29, 0.717) is 53.8 Å². The van der Waals surface area contributed by atoms with Crippen LogP contribution in [-0.4, -0.2) is 32.5 Å². The van der Waals surface area contributed by atoms with Crippen molar-refractivity contribution in [1.29, 1.82) is 0 Å². The van der Waals surface area contributed by atoms with Gasteiger partial charge < -0.3 is 4.74 Å². The molecule has 4 aromatic carbocycles. The van der Waals surface area contributed by atoms with E-state index < -0.39 is 10.0 Å². The fourth-order valence-electron chi connectivity index (χ4n) is 4.90. The first-order valence-electron chi connectivity index (χ1n) is 13.0. The van der Waals surface area contributed by atoms with Gasteiger partial charge in [-0.2, -0.15) is 0 Å². The third kappa shape index (κ3) is 4.82. The van der Waals surface area contributed by atoms with E-state index >= 15 is 0 Å². The average Bonchev–Trinajstić information content (AvgIpc) is 3.62. The van der Waals surface area contributed by atoms with Gasteiger partial charge in [0.2, 0.25) is 0 Å². The molecular weight excluding hydrogens is 542 g/mol. The van der Waals surface area contributed by atoms with Gasteiger partial charge in [0.1, 0.15) is 11.3 Å². The minimum atomic E-state index is -3.76. The number of amides is 1. The highest BCUT2D eigenvalue weighted by Crippen LogP contribution is 2.36. The predicted molar refractivity (Wildman–Crippen MR) is 159 cm³/mol. The zero-order valence-corrected chi connectivity index (χ0v) is 23.5. The lowest BCUT2D eigenvalue weighted by atomic mass is 10.1. The maximum atomic E-state index is 13.9. The van der Waals surface area contributed by atoms with E-state index in [2.05, 4.69) is 0 Å². The van der Waals surface area contributed by atoms with Crippen LogP contribution in [0.4, 0.5) is 10.8 Å². The van der Waals surface area contributed by atoms with Crippen molar-refractivity contribution in [2.75, 3.05) is 22.4 Å². The molecule has 1 aliphatic rings. The number of hydrogen-bond acceptors (Lipinski definition) is 6. The summed E-state index contributed by atoms with van der Waals surface area (Å²) in [4.78, 5) is 20.5. The second kappa shape index (κ2) is 10.7. The zero-order valence-electron chi connectivity index (χ0n) is 21.9. The van der Waals surface area contributed by atoms with Crippen molar-refractivity contribution in [3.63, 3.8) is 0 Å². The Balaban J connectivity index is 1.33. The van der Waals surface area contributed by atoms with Crippen molar-refractivity contribution in [1.82, 2.24) is 4.98 Å². The fraction of sp³-hybridized carbons (Fsp3) is 0.161. The van der Waals surface area contributed by atoms with Gasteiger partial charge in [-0.1, -0.05) is 65.9 Å². The van der Waals surface area contributed by atoms with E-state index in [4.69, 9.17) is 9.72 Å². The number of ether oxygens (including phenoxy) is 1. The van der Waals surface area contributed by atoms with E-state index in [9.17, 15) is 13.2 Å². The van der Waals surface area contributed by atoms with E-state index in [1.54, 1.807) is 17.0 Å². The van der Waals surface area contributed by atoms with Crippen molar-refractivity contribution in [2.45, 2.75) is 24.8 Å². The molecule has 1 aliphatic heterocycles. The van der Waals surface area contributed by atoms with Gasteiger partial charge >= 0.3 is 0 Å². The summed E-state index contributed by atoms with van der Waals surface area (Å²) < 4.78 is 35.1. The maximum Gasteiger partial charge on any atom is 0.264 e. The molecule has 0 N–H and O–H groups in total. The summed E-state index contributed by atoms with van der Waals surface area (Å²) in [5, 5.41) is 0.543.